The van der Waals surface area contributed by atoms with E-state index in [1.807, 2.05) is 0 Å². The van der Waals surface area contributed by atoms with E-state index < -0.39 is 10.4 Å². The lowest BCUT2D eigenvalue weighted by Gasteiger charge is -2.11. The molecule has 0 aliphatic rings. The van der Waals surface area contributed by atoms with E-state index in [1.54, 1.807) is 0 Å². The molecule has 0 rings (SSSR count). The van der Waals surface area contributed by atoms with E-state index in [9.17, 15) is 0 Å². The summed E-state index contributed by atoms with van der Waals surface area (Å²) < 4.78 is 34.1. The van der Waals surface area contributed by atoms with E-state index in [-0.39, 0.29) is 0 Å². The second-order valence-corrected chi connectivity index (χ2v) is 7.11. The Hall–Kier alpha value is -0.170. The van der Waals surface area contributed by atoms with E-state index in [4.69, 9.17) is 22.6 Å². The lowest BCUT2D eigenvalue weighted by Crippen LogP contribution is -2.00. The van der Waals surface area contributed by atoms with Crippen LogP contribution in [0.4, 0.5) is 0 Å². The van der Waals surface area contributed by atoms with Crippen molar-refractivity contribution >= 4 is 10.4 Å². The van der Waals surface area contributed by atoms with Crippen LogP contribution in [0, 0.1) is 11.8 Å². The molecular formula is C16H34O5S-2. The van der Waals surface area contributed by atoms with Crippen LogP contribution < -0.4 is 0 Å². The highest BCUT2D eigenvalue weighted by Gasteiger charge is 2.02. The Balaban J connectivity index is 0. The summed E-state index contributed by atoms with van der Waals surface area (Å²) in [6.45, 7) is 7.17. The van der Waals surface area contributed by atoms with Crippen molar-refractivity contribution in [2.24, 2.45) is 11.8 Å². The smallest absolute Gasteiger partial charge is 0.0456 e. The topological polar surface area (TPSA) is 100 Å². The third kappa shape index (κ3) is 28.1. The molecule has 0 aromatic heterocycles. The predicted octanol–water partition coefficient (Wildman–Crippen LogP) is 3.83. The first kappa shape index (κ1) is 24.1. The fourth-order valence-electron chi connectivity index (χ4n) is 2.32. The van der Waals surface area contributed by atoms with Gasteiger partial charge in [0, 0.05) is 17.0 Å². The summed E-state index contributed by atoms with van der Waals surface area (Å²) in [5, 5.41) is 8.91. The Morgan fingerprint density at radius 3 is 1.55 bits per heavy atom. The van der Waals surface area contributed by atoms with E-state index >= 15 is 0 Å². The van der Waals surface area contributed by atoms with Crippen molar-refractivity contribution in [3.63, 3.8) is 0 Å². The molecule has 0 aliphatic carbocycles. The number of hydrogen-bond donors (Lipinski definition) is 1. The SMILES string of the molecule is CCCCCC(C)CCCCCCC(C)CO.O=S(=O)([O-])[O-]. The predicted molar refractivity (Wildman–Crippen MR) is 87.7 cm³/mol. The Labute approximate surface area is 137 Å². The molecule has 0 aromatic rings. The average Bonchev–Trinajstić information content (AvgIpc) is 2.40. The highest BCUT2D eigenvalue weighted by Crippen LogP contribution is 2.18. The van der Waals surface area contributed by atoms with Crippen molar-refractivity contribution in [3.05, 3.63) is 0 Å². The van der Waals surface area contributed by atoms with Crippen LogP contribution in [0.15, 0.2) is 0 Å². The normalized spacial score (nSPS) is 14.1. The Morgan fingerprint density at radius 1 is 0.818 bits per heavy atom. The number of aliphatic hydroxyl groups excluding tert-OH is 1. The maximum absolute atomic E-state index is 8.91. The van der Waals surface area contributed by atoms with Crippen molar-refractivity contribution in [1.29, 1.82) is 0 Å². The molecule has 5 nitrogen and oxygen atoms in total. The van der Waals surface area contributed by atoms with Crippen LogP contribution in [0.3, 0.4) is 0 Å². The lowest BCUT2D eigenvalue weighted by atomic mass is 9.96. The summed E-state index contributed by atoms with van der Waals surface area (Å²) in [6, 6.07) is 0. The van der Waals surface area contributed by atoms with Crippen LogP contribution in [-0.4, -0.2) is 29.2 Å². The van der Waals surface area contributed by atoms with Gasteiger partial charge in [0.2, 0.25) is 0 Å². The van der Waals surface area contributed by atoms with E-state index in [0.717, 1.165) is 5.92 Å². The highest BCUT2D eigenvalue weighted by molar-refractivity contribution is 7.79. The zero-order valence-electron chi connectivity index (χ0n) is 14.4. The van der Waals surface area contributed by atoms with Crippen LogP contribution in [0.5, 0.6) is 0 Å². The number of rotatable bonds is 12. The molecule has 0 bridgehead atoms. The largest absolute Gasteiger partial charge is 0.759 e. The Kier molecular flexibility index (Phi) is 17.2. The van der Waals surface area contributed by atoms with Crippen LogP contribution >= 0.6 is 0 Å². The summed E-state index contributed by atoms with van der Waals surface area (Å²) in [5.74, 6) is 1.43. The van der Waals surface area contributed by atoms with Crippen LogP contribution in [0.2, 0.25) is 0 Å². The molecule has 0 spiro atoms. The van der Waals surface area contributed by atoms with Crippen LogP contribution in [0.25, 0.3) is 0 Å². The first-order valence-corrected chi connectivity index (χ1v) is 9.81. The van der Waals surface area contributed by atoms with Gasteiger partial charge in [0.25, 0.3) is 0 Å². The molecule has 22 heavy (non-hydrogen) atoms. The molecular weight excluding hydrogens is 304 g/mol. The van der Waals surface area contributed by atoms with Gasteiger partial charge in [0.15, 0.2) is 0 Å². The maximum Gasteiger partial charge on any atom is 0.0456 e. The molecule has 6 heteroatoms. The van der Waals surface area contributed by atoms with E-state index in [1.165, 1.54) is 64.2 Å². The van der Waals surface area contributed by atoms with Gasteiger partial charge in [-0.1, -0.05) is 78.6 Å². The molecule has 0 saturated carbocycles. The van der Waals surface area contributed by atoms with Crippen LogP contribution in [-0.2, 0) is 10.4 Å². The lowest BCUT2D eigenvalue weighted by molar-refractivity contribution is 0.227. The van der Waals surface area contributed by atoms with Gasteiger partial charge in [0.1, 0.15) is 0 Å². The fraction of sp³-hybridized carbons (Fsp3) is 1.00. The summed E-state index contributed by atoms with van der Waals surface area (Å²) in [4.78, 5) is 0. The molecule has 0 heterocycles. The van der Waals surface area contributed by atoms with Gasteiger partial charge in [-0.05, 0) is 18.3 Å². The zero-order valence-corrected chi connectivity index (χ0v) is 15.2. The molecule has 0 fully saturated rings. The van der Waals surface area contributed by atoms with Crippen molar-refractivity contribution < 1.29 is 22.6 Å². The number of hydrogen-bond acceptors (Lipinski definition) is 5. The van der Waals surface area contributed by atoms with Gasteiger partial charge < -0.3 is 14.2 Å². The van der Waals surface area contributed by atoms with Gasteiger partial charge in [0.05, 0.1) is 0 Å². The second kappa shape index (κ2) is 15.7. The molecule has 2 unspecified atom stereocenters. The summed E-state index contributed by atoms with van der Waals surface area (Å²) in [6.07, 6.45) is 13.6. The molecule has 136 valence electrons. The zero-order chi connectivity index (χ0) is 17.4. The quantitative estimate of drug-likeness (QED) is 0.331. The van der Waals surface area contributed by atoms with Gasteiger partial charge in [-0.25, -0.2) is 0 Å². The summed E-state index contributed by atoms with van der Waals surface area (Å²) in [7, 11) is -5.17. The van der Waals surface area contributed by atoms with Crippen molar-refractivity contribution in [2.75, 3.05) is 6.61 Å². The van der Waals surface area contributed by atoms with Gasteiger partial charge in [-0.2, -0.15) is 0 Å². The first-order valence-electron chi connectivity index (χ1n) is 8.48. The minimum absolute atomic E-state index is 0.356. The third-order valence-electron chi connectivity index (χ3n) is 3.76. The average molecular weight is 339 g/mol. The third-order valence-corrected chi connectivity index (χ3v) is 3.76. The Morgan fingerprint density at radius 2 is 1.18 bits per heavy atom. The minimum Gasteiger partial charge on any atom is -0.759 e. The van der Waals surface area contributed by atoms with Gasteiger partial charge in [-0.3, -0.25) is 8.42 Å². The molecule has 0 amide bonds. The fourth-order valence-corrected chi connectivity index (χ4v) is 2.32. The second-order valence-electron chi connectivity index (χ2n) is 6.29. The standard InChI is InChI=1S/C16H34O.H2O4S/c1-4-5-8-11-15(2)12-9-6-7-10-13-16(3)14-17;1-5(2,3)4/h15-17H,4-14H2,1-3H3;(H2,1,2,3,4)/p-2. The monoisotopic (exact) mass is 338 g/mol. The van der Waals surface area contributed by atoms with E-state index in [2.05, 4.69) is 20.8 Å². The highest BCUT2D eigenvalue weighted by atomic mass is 32.3. The van der Waals surface area contributed by atoms with E-state index in [0.29, 0.717) is 12.5 Å². The van der Waals surface area contributed by atoms with Gasteiger partial charge in [-0.15, -0.1) is 0 Å². The van der Waals surface area contributed by atoms with Gasteiger partial charge >= 0.3 is 0 Å². The maximum atomic E-state index is 8.91. The molecule has 0 aliphatic heterocycles. The molecule has 0 saturated heterocycles. The minimum atomic E-state index is -5.17. The first-order chi connectivity index (χ1) is 10.2. The summed E-state index contributed by atoms with van der Waals surface area (Å²) in [5.41, 5.74) is 0. The number of aliphatic hydroxyl groups is 1. The summed E-state index contributed by atoms with van der Waals surface area (Å²) >= 11 is 0. The number of unbranched alkanes of at least 4 members (excludes halogenated alkanes) is 5. The van der Waals surface area contributed by atoms with Crippen molar-refractivity contribution in [1.82, 2.24) is 0 Å². The molecule has 0 radical (unpaired) electrons. The molecule has 2 atom stereocenters. The molecule has 0 aromatic carbocycles. The van der Waals surface area contributed by atoms with Crippen LogP contribution in [0.1, 0.15) is 85.0 Å². The van der Waals surface area contributed by atoms with Crippen molar-refractivity contribution in [2.45, 2.75) is 85.0 Å². The Bertz CT molecular complexity index is 308. The van der Waals surface area contributed by atoms with Crippen molar-refractivity contribution in [3.8, 4) is 0 Å². The molecule has 1 N–H and O–H groups in total.